The average molecular weight is 348 g/mol. The predicted molar refractivity (Wildman–Crippen MR) is 97.8 cm³/mol. The summed E-state index contributed by atoms with van der Waals surface area (Å²) < 4.78 is 0. The van der Waals surface area contributed by atoms with Crippen molar-refractivity contribution in [2.24, 2.45) is 0 Å². The molecule has 1 aromatic carbocycles. The number of nitriles is 1. The van der Waals surface area contributed by atoms with E-state index in [-0.39, 0.29) is 11.5 Å². The van der Waals surface area contributed by atoms with E-state index in [4.69, 9.17) is 0 Å². The van der Waals surface area contributed by atoms with E-state index < -0.39 is 0 Å². The van der Waals surface area contributed by atoms with E-state index in [1.165, 1.54) is 0 Å². The molecular weight excluding hydrogens is 328 g/mol. The molecule has 1 aliphatic heterocycles. The molecule has 26 heavy (non-hydrogen) atoms. The van der Waals surface area contributed by atoms with E-state index in [0.29, 0.717) is 25.6 Å². The first-order chi connectivity index (χ1) is 12.8. The van der Waals surface area contributed by atoms with Crippen LogP contribution >= 0.6 is 0 Å². The molecule has 132 valence electrons. The van der Waals surface area contributed by atoms with E-state index in [1.807, 2.05) is 41.3 Å². The topological polar surface area (TPSA) is 85.2 Å². The number of nitrogens with one attached hydrogen (secondary N) is 1. The summed E-state index contributed by atoms with van der Waals surface area (Å²) in [7, 11) is 0. The largest absolute Gasteiger partial charge is 0.373 e. The van der Waals surface area contributed by atoms with Crippen molar-refractivity contribution in [3.05, 3.63) is 66.1 Å². The van der Waals surface area contributed by atoms with Gasteiger partial charge in [0.2, 0.25) is 5.95 Å². The van der Waals surface area contributed by atoms with Gasteiger partial charge >= 0.3 is 0 Å². The molecule has 2 heterocycles. The average Bonchev–Trinajstić information content (AvgIpc) is 2.72. The lowest BCUT2D eigenvalue weighted by molar-refractivity contribution is -0.117. The van der Waals surface area contributed by atoms with Crippen molar-refractivity contribution in [1.82, 2.24) is 20.2 Å². The molecule has 0 spiro atoms. The van der Waals surface area contributed by atoms with E-state index >= 15 is 0 Å². The number of nitrogens with zero attached hydrogens (tertiary/aromatic N) is 5. The molecule has 1 amide bonds. The molecule has 0 saturated carbocycles. The fourth-order valence-electron chi connectivity index (χ4n) is 2.70. The van der Waals surface area contributed by atoms with Crippen molar-refractivity contribution in [1.29, 1.82) is 5.26 Å². The Balaban J connectivity index is 1.54. The van der Waals surface area contributed by atoms with Crippen molar-refractivity contribution < 1.29 is 4.79 Å². The number of rotatable bonds is 5. The number of piperazine rings is 1. The maximum atomic E-state index is 12.2. The first-order valence-corrected chi connectivity index (χ1v) is 8.46. The van der Waals surface area contributed by atoms with Crippen LogP contribution in [0.25, 0.3) is 0 Å². The third kappa shape index (κ3) is 4.57. The lowest BCUT2D eigenvalue weighted by Crippen LogP contribution is -2.45. The maximum absolute atomic E-state index is 12.2. The van der Waals surface area contributed by atoms with Crippen LogP contribution in [0.1, 0.15) is 5.56 Å². The molecule has 2 aromatic rings. The van der Waals surface area contributed by atoms with Crippen LogP contribution in [0.15, 0.2) is 60.6 Å². The second-order valence-electron chi connectivity index (χ2n) is 5.89. The Morgan fingerprint density at radius 2 is 1.81 bits per heavy atom. The van der Waals surface area contributed by atoms with Crippen molar-refractivity contribution in [2.45, 2.75) is 6.54 Å². The molecule has 1 aromatic heterocycles. The summed E-state index contributed by atoms with van der Waals surface area (Å²) >= 11 is 0. The summed E-state index contributed by atoms with van der Waals surface area (Å²) in [5.41, 5.74) is 1.11. The number of hydrogen-bond acceptors (Lipinski definition) is 6. The fourth-order valence-corrected chi connectivity index (χ4v) is 2.70. The van der Waals surface area contributed by atoms with Gasteiger partial charge in [-0.1, -0.05) is 30.3 Å². The first-order valence-electron chi connectivity index (χ1n) is 8.46. The lowest BCUT2D eigenvalue weighted by atomic mass is 10.2. The van der Waals surface area contributed by atoms with Crippen LogP contribution in [-0.4, -0.2) is 47.0 Å². The molecule has 1 aliphatic rings. The van der Waals surface area contributed by atoms with Crippen molar-refractivity contribution in [3.8, 4) is 6.07 Å². The summed E-state index contributed by atoms with van der Waals surface area (Å²) in [6, 6.07) is 13.4. The molecule has 7 heteroatoms. The molecule has 7 nitrogen and oxygen atoms in total. The van der Waals surface area contributed by atoms with Gasteiger partial charge in [-0.15, -0.1) is 0 Å². The van der Waals surface area contributed by atoms with E-state index in [9.17, 15) is 10.1 Å². The number of aromatic nitrogens is 2. The van der Waals surface area contributed by atoms with Crippen molar-refractivity contribution in [3.63, 3.8) is 0 Å². The maximum Gasteiger partial charge on any atom is 0.263 e. The molecule has 0 aliphatic carbocycles. The van der Waals surface area contributed by atoms with Crippen LogP contribution < -0.4 is 10.2 Å². The van der Waals surface area contributed by atoms with Crippen molar-refractivity contribution >= 4 is 11.9 Å². The Morgan fingerprint density at radius 3 is 2.46 bits per heavy atom. The number of benzene rings is 1. The Bertz CT molecular complexity index is 792. The Hall–Kier alpha value is -3.40. The number of hydrogen-bond donors (Lipinski definition) is 1. The zero-order valence-electron chi connectivity index (χ0n) is 14.4. The number of anilines is 1. The fraction of sp³-hybridized carbons (Fsp3) is 0.263. The zero-order valence-corrected chi connectivity index (χ0v) is 14.4. The van der Waals surface area contributed by atoms with Gasteiger partial charge in [-0.05, 0) is 11.6 Å². The second kappa shape index (κ2) is 8.62. The van der Waals surface area contributed by atoms with Gasteiger partial charge in [0.05, 0.1) is 0 Å². The Morgan fingerprint density at radius 1 is 1.12 bits per heavy atom. The van der Waals surface area contributed by atoms with E-state index in [1.54, 1.807) is 24.7 Å². The monoisotopic (exact) mass is 348 g/mol. The quantitative estimate of drug-likeness (QED) is 0.648. The molecule has 1 saturated heterocycles. The molecule has 1 N–H and O–H groups in total. The highest BCUT2D eigenvalue weighted by Crippen LogP contribution is 2.11. The smallest absolute Gasteiger partial charge is 0.263 e. The van der Waals surface area contributed by atoms with Crippen LogP contribution in [0.2, 0.25) is 0 Å². The summed E-state index contributed by atoms with van der Waals surface area (Å²) in [6.07, 6.45) is 5.09. The first kappa shape index (κ1) is 17.4. The SMILES string of the molecule is N#C/C(=C/N1CCN(c2ncccn2)CC1)C(=O)NCc1ccccc1. The van der Waals surface area contributed by atoms with Crippen LogP contribution in [0.3, 0.4) is 0 Å². The molecule has 0 atom stereocenters. The lowest BCUT2D eigenvalue weighted by Gasteiger charge is -2.34. The van der Waals surface area contributed by atoms with E-state index in [0.717, 1.165) is 18.7 Å². The van der Waals surface area contributed by atoms with Gasteiger partial charge in [0, 0.05) is 51.3 Å². The van der Waals surface area contributed by atoms with Crippen LogP contribution in [-0.2, 0) is 11.3 Å². The number of amides is 1. The second-order valence-corrected chi connectivity index (χ2v) is 5.89. The zero-order chi connectivity index (χ0) is 18.2. The van der Waals surface area contributed by atoms with Crippen LogP contribution in [0.5, 0.6) is 0 Å². The number of carbonyl (C=O) groups excluding carboxylic acids is 1. The van der Waals surface area contributed by atoms with Gasteiger partial charge < -0.3 is 15.1 Å². The standard InChI is InChI=1S/C19H20N6O/c20-13-17(18(26)23-14-16-5-2-1-3-6-16)15-24-9-11-25(12-10-24)19-21-7-4-8-22-19/h1-8,15H,9-12,14H2,(H,23,26)/b17-15-. The summed E-state index contributed by atoms with van der Waals surface area (Å²) in [6.45, 7) is 3.29. The van der Waals surface area contributed by atoms with Gasteiger partial charge in [0.1, 0.15) is 11.6 Å². The highest BCUT2D eigenvalue weighted by Gasteiger charge is 2.18. The third-order valence-corrected chi connectivity index (χ3v) is 4.12. The van der Waals surface area contributed by atoms with Gasteiger partial charge in [0.25, 0.3) is 5.91 Å². The number of carbonyl (C=O) groups is 1. The molecule has 1 fully saturated rings. The summed E-state index contributed by atoms with van der Waals surface area (Å²) in [5, 5.41) is 12.1. The van der Waals surface area contributed by atoms with Crippen molar-refractivity contribution in [2.75, 3.05) is 31.1 Å². The highest BCUT2D eigenvalue weighted by molar-refractivity contribution is 5.97. The van der Waals surface area contributed by atoms with Gasteiger partial charge in [-0.25, -0.2) is 9.97 Å². The molecule has 0 radical (unpaired) electrons. The summed E-state index contributed by atoms with van der Waals surface area (Å²) in [5.74, 6) is 0.349. The minimum Gasteiger partial charge on any atom is -0.373 e. The van der Waals surface area contributed by atoms with Crippen LogP contribution in [0, 0.1) is 11.3 Å². The van der Waals surface area contributed by atoms with Gasteiger partial charge in [-0.3, -0.25) is 4.79 Å². The molecular formula is C19H20N6O. The Kier molecular flexibility index (Phi) is 5.78. The minimum atomic E-state index is -0.356. The predicted octanol–water partition coefficient (Wildman–Crippen LogP) is 1.32. The third-order valence-electron chi connectivity index (χ3n) is 4.12. The van der Waals surface area contributed by atoms with Gasteiger partial charge in [0.15, 0.2) is 0 Å². The normalized spacial score (nSPS) is 14.7. The minimum absolute atomic E-state index is 0.116. The molecule has 3 rings (SSSR count). The van der Waals surface area contributed by atoms with E-state index in [2.05, 4.69) is 20.2 Å². The Labute approximate surface area is 152 Å². The highest BCUT2D eigenvalue weighted by atomic mass is 16.1. The van der Waals surface area contributed by atoms with Gasteiger partial charge in [-0.2, -0.15) is 5.26 Å². The molecule has 0 unspecified atom stereocenters. The van der Waals surface area contributed by atoms with Crippen LogP contribution in [0.4, 0.5) is 5.95 Å². The molecule has 0 bridgehead atoms. The summed E-state index contributed by atoms with van der Waals surface area (Å²) in [4.78, 5) is 24.8.